The van der Waals surface area contributed by atoms with Gasteiger partial charge in [-0.1, -0.05) is 0 Å². The summed E-state index contributed by atoms with van der Waals surface area (Å²) in [6.07, 6.45) is 2.89. The molecule has 0 radical (unpaired) electrons. The summed E-state index contributed by atoms with van der Waals surface area (Å²) in [5, 5.41) is 3.04. The summed E-state index contributed by atoms with van der Waals surface area (Å²) < 4.78 is 5.40. The van der Waals surface area contributed by atoms with Gasteiger partial charge in [0.25, 0.3) is 5.91 Å². The molecule has 5 nitrogen and oxygen atoms in total. The fraction of sp³-hybridized carbons (Fsp3) is 0.500. The first-order valence-electron chi connectivity index (χ1n) is 7.65. The van der Waals surface area contributed by atoms with Crippen molar-refractivity contribution in [3.05, 3.63) is 28.3 Å². The van der Waals surface area contributed by atoms with Crippen LogP contribution in [0.1, 0.15) is 28.8 Å². The number of aromatic nitrogens is 2. The molecule has 1 atom stereocenters. The van der Waals surface area contributed by atoms with E-state index >= 15 is 0 Å². The van der Waals surface area contributed by atoms with Crippen molar-refractivity contribution < 1.29 is 9.53 Å². The molecule has 22 heavy (non-hydrogen) atoms. The summed E-state index contributed by atoms with van der Waals surface area (Å²) in [7, 11) is 0. The van der Waals surface area contributed by atoms with Gasteiger partial charge in [0.2, 0.25) is 0 Å². The van der Waals surface area contributed by atoms with Crippen molar-refractivity contribution in [2.75, 3.05) is 26.3 Å². The van der Waals surface area contributed by atoms with Gasteiger partial charge in [0, 0.05) is 42.8 Å². The quantitative estimate of drug-likeness (QED) is 0.922. The second-order valence-corrected chi connectivity index (χ2v) is 6.69. The number of hydrogen-bond acceptors (Lipinski definition) is 4. The molecule has 0 spiro atoms. The van der Waals surface area contributed by atoms with Crippen LogP contribution in [-0.2, 0) is 4.74 Å². The number of amides is 1. The molecule has 1 saturated heterocycles. The molecule has 118 valence electrons. The molecule has 0 aliphatic carbocycles. The van der Waals surface area contributed by atoms with Crippen LogP contribution in [0.4, 0.5) is 0 Å². The SMILES string of the molecule is CCN(CC1CCOC1)C(=O)c1cc(-c2csc(C)n2)c[nH]1. The summed E-state index contributed by atoms with van der Waals surface area (Å²) in [6, 6.07) is 1.89. The van der Waals surface area contributed by atoms with Crippen LogP contribution < -0.4 is 0 Å². The van der Waals surface area contributed by atoms with E-state index in [0.29, 0.717) is 18.2 Å². The first-order chi connectivity index (χ1) is 10.7. The Balaban J connectivity index is 1.71. The third-order valence-electron chi connectivity index (χ3n) is 4.00. The van der Waals surface area contributed by atoms with Gasteiger partial charge in [-0.3, -0.25) is 4.79 Å². The highest BCUT2D eigenvalue weighted by Gasteiger charge is 2.23. The van der Waals surface area contributed by atoms with Crippen LogP contribution in [0, 0.1) is 12.8 Å². The number of aryl methyl sites for hydroxylation is 1. The molecular formula is C16H21N3O2S. The summed E-state index contributed by atoms with van der Waals surface area (Å²) in [5.41, 5.74) is 2.51. The molecule has 3 rings (SSSR count). The number of carbonyl (C=O) groups is 1. The van der Waals surface area contributed by atoms with Gasteiger partial charge in [-0.15, -0.1) is 11.3 Å². The van der Waals surface area contributed by atoms with E-state index in [2.05, 4.69) is 9.97 Å². The number of aromatic amines is 1. The summed E-state index contributed by atoms with van der Waals surface area (Å²) in [6.45, 7) is 7.04. The summed E-state index contributed by atoms with van der Waals surface area (Å²) in [5.74, 6) is 0.507. The average Bonchev–Trinajstić information content (AvgIpc) is 3.25. The Kier molecular flexibility index (Phi) is 4.59. The molecule has 1 unspecified atom stereocenters. The number of nitrogens with one attached hydrogen (secondary N) is 1. The summed E-state index contributed by atoms with van der Waals surface area (Å²) in [4.78, 5) is 22.1. The molecule has 1 N–H and O–H groups in total. The predicted octanol–water partition coefficient (Wildman–Crippen LogP) is 2.95. The lowest BCUT2D eigenvalue weighted by Gasteiger charge is -2.23. The molecule has 0 saturated carbocycles. The lowest BCUT2D eigenvalue weighted by molar-refractivity contribution is 0.0725. The van der Waals surface area contributed by atoms with E-state index < -0.39 is 0 Å². The highest BCUT2D eigenvalue weighted by atomic mass is 32.1. The standard InChI is InChI=1S/C16H21N3O2S/c1-3-19(8-12-4-5-21-9-12)16(20)14-6-13(7-17-14)15-10-22-11(2)18-15/h6-7,10,12,17H,3-5,8-9H2,1-2H3. The molecule has 2 aromatic heterocycles. The molecule has 0 bridgehead atoms. The van der Waals surface area contributed by atoms with E-state index in [4.69, 9.17) is 4.74 Å². The third kappa shape index (κ3) is 3.23. The molecule has 6 heteroatoms. The van der Waals surface area contributed by atoms with Crippen LogP contribution >= 0.6 is 11.3 Å². The maximum atomic E-state index is 12.6. The molecule has 2 aromatic rings. The van der Waals surface area contributed by atoms with E-state index in [9.17, 15) is 4.79 Å². The fourth-order valence-electron chi connectivity index (χ4n) is 2.73. The third-order valence-corrected chi connectivity index (χ3v) is 4.77. The Morgan fingerprint density at radius 1 is 1.59 bits per heavy atom. The normalized spacial score (nSPS) is 17.8. The first-order valence-corrected chi connectivity index (χ1v) is 8.53. The number of H-pyrrole nitrogens is 1. The number of ether oxygens (including phenoxy) is 1. The van der Waals surface area contributed by atoms with Crippen molar-refractivity contribution in [3.8, 4) is 11.3 Å². The van der Waals surface area contributed by atoms with E-state index in [-0.39, 0.29) is 5.91 Å². The Labute approximate surface area is 134 Å². The van der Waals surface area contributed by atoms with Gasteiger partial charge in [-0.2, -0.15) is 0 Å². The van der Waals surface area contributed by atoms with Gasteiger partial charge in [-0.05, 0) is 26.3 Å². The van der Waals surface area contributed by atoms with Crippen molar-refractivity contribution in [2.45, 2.75) is 20.3 Å². The van der Waals surface area contributed by atoms with Crippen LogP contribution in [-0.4, -0.2) is 47.1 Å². The molecule has 3 heterocycles. The number of carbonyl (C=O) groups excluding carboxylic acids is 1. The molecule has 1 amide bonds. The molecular weight excluding hydrogens is 298 g/mol. The second kappa shape index (κ2) is 6.62. The zero-order valence-electron chi connectivity index (χ0n) is 13.0. The lowest BCUT2D eigenvalue weighted by atomic mass is 10.1. The summed E-state index contributed by atoms with van der Waals surface area (Å²) >= 11 is 1.61. The Morgan fingerprint density at radius 3 is 3.09 bits per heavy atom. The van der Waals surface area contributed by atoms with E-state index in [1.54, 1.807) is 11.3 Å². The number of nitrogens with zero attached hydrogens (tertiary/aromatic N) is 2. The van der Waals surface area contributed by atoms with Gasteiger partial charge in [0.1, 0.15) is 5.69 Å². The van der Waals surface area contributed by atoms with Crippen LogP contribution in [0.5, 0.6) is 0 Å². The lowest BCUT2D eigenvalue weighted by Crippen LogP contribution is -2.35. The van der Waals surface area contributed by atoms with Gasteiger partial charge < -0.3 is 14.6 Å². The van der Waals surface area contributed by atoms with Gasteiger partial charge in [0.05, 0.1) is 17.3 Å². The fourth-order valence-corrected chi connectivity index (χ4v) is 3.35. The van der Waals surface area contributed by atoms with Crippen LogP contribution in [0.3, 0.4) is 0 Å². The molecule has 1 aliphatic heterocycles. The second-order valence-electron chi connectivity index (χ2n) is 5.63. The Bertz CT molecular complexity index is 643. The minimum Gasteiger partial charge on any atom is -0.381 e. The zero-order valence-corrected chi connectivity index (χ0v) is 13.8. The number of hydrogen-bond donors (Lipinski definition) is 1. The van der Waals surface area contributed by atoms with Gasteiger partial charge in [-0.25, -0.2) is 4.98 Å². The van der Waals surface area contributed by atoms with E-state index in [1.807, 2.05) is 36.4 Å². The van der Waals surface area contributed by atoms with Crippen molar-refractivity contribution in [1.82, 2.24) is 14.9 Å². The number of rotatable bonds is 5. The average molecular weight is 319 g/mol. The first kappa shape index (κ1) is 15.2. The van der Waals surface area contributed by atoms with Crippen molar-refractivity contribution >= 4 is 17.2 Å². The van der Waals surface area contributed by atoms with Crippen molar-refractivity contribution in [2.24, 2.45) is 5.92 Å². The van der Waals surface area contributed by atoms with Crippen LogP contribution in [0.15, 0.2) is 17.6 Å². The van der Waals surface area contributed by atoms with E-state index in [1.165, 1.54) is 0 Å². The van der Waals surface area contributed by atoms with E-state index in [0.717, 1.165) is 42.4 Å². The monoisotopic (exact) mass is 319 g/mol. The highest BCUT2D eigenvalue weighted by molar-refractivity contribution is 7.09. The van der Waals surface area contributed by atoms with Gasteiger partial charge in [0.15, 0.2) is 0 Å². The molecule has 0 aromatic carbocycles. The Hall–Kier alpha value is -1.66. The Morgan fingerprint density at radius 2 is 2.45 bits per heavy atom. The smallest absolute Gasteiger partial charge is 0.270 e. The zero-order chi connectivity index (χ0) is 15.5. The van der Waals surface area contributed by atoms with Crippen LogP contribution in [0.25, 0.3) is 11.3 Å². The number of thiazole rings is 1. The predicted molar refractivity (Wildman–Crippen MR) is 87.1 cm³/mol. The maximum Gasteiger partial charge on any atom is 0.270 e. The topological polar surface area (TPSA) is 58.2 Å². The molecule has 1 fully saturated rings. The van der Waals surface area contributed by atoms with Gasteiger partial charge >= 0.3 is 0 Å². The minimum absolute atomic E-state index is 0.0487. The highest BCUT2D eigenvalue weighted by Crippen LogP contribution is 2.23. The van der Waals surface area contributed by atoms with Crippen LogP contribution in [0.2, 0.25) is 0 Å². The van der Waals surface area contributed by atoms with Crippen molar-refractivity contribution in [3.63, 3.8) is 0 Å². The maximum absolute atomic E-state index is 12.6. The minimum atomic E-state index is 0.0487. The molecule has 1 aliphatic rings. The largest absolute Gasteiger partial charge is 0.381 e. The van der Waals surface area contributed by atoms with Crippen molar-refractivity contribution in [1.29, 1.82) is 0 Å².